The van der Waals surface area contributed by atoms with Gasteiger partial charge in [-0.2, -0.15) is 0 Å². The van der Waals surface area contributed by atoms with Crippen LogP contribution in [0.5, 0.6) is 5.75 Å². The fraction of sp³-hybridized carbons (Fsp3) is 0.0870. The van der Waals surface area contributed by atoms with Gasteiger partial charge in [-0.05, 0) is 41.5 Å². The topological polar surface area (TPSA) is 80.3 Å². The number of amides is 2. The summed E-state index contributed by atoms with van der Waals surface area (Å²) in [6.45, 7) is -0.140. The van der Waals surface area contributed by atoms with Crippen LogP contribution >= 0.6 is 11.3 Å². The molecule has 7 heteroatoms. The molecule has 150 valence electrons. The zero-order chi connectivity index (χ0) is 20.9. The Balaban J connectivity index is 1.34. The van der Waals surface area contributed by atoms with E-state index in [2.05, 4.69) is 15.6 Å². The number of carbonyl (C=O) groups excluding carboxylic acids is 2. The molecule has 0 aliphatic rings. The number of rotatable bonds is 6. The van der Waals surface area contributed by atoms with E-state index in [0.717, 1.165) is 27.1 Å². The average Bonchev–Trinajstić information content (AvgIpc) is 3.19. The van der Waals surface area contributed by atoms with Crippen LogP contribution in [-0.4, -0.2) is 30.5 Å². The first-order valence-electron chi connectivity index (χ1n) is 9.30. The molecule has 0 atom stereocenters. The molecule has 6 nitrogen and oxygen atoms in total. The van der Waals surface area contributed by atoms with Crippen molar-refractivity contribution in [3.05, 3.63) is 78.4 Å². The standard InChI is InChI=1S/C23H19N3O3S/c1-29-18-11-12-19-20(13-18)30-23(25-19)26-21(27)14-24-22(28)17-9-7-16(8-10-17)15-5-3-2-4-6-15/h2-13H,14H2,1H3,(H,24,28)(H,25,26,27). The van der Waals surface area contributed by atoms with Crippen molar-refractivity contribution in [3.63, 3.8) is 0 Å². The van der Waals surface area contributed by atoms with Gasteiger partial charge >= 0.3 is 0 Å². The van der Waals surface area contributed by atoms with E-state index in [-0.39, 0.29) is 18.4 Å². The van der Waals surface area contributed by atoms with Gasteiger partial charge in [0.15, 0.2) is 5.13 Å². The van der Waals surface area contributed by atoms with Crippen molar-refractivity contribution in [1.29, 1.82) is 0 Å². The van der Waals surface area contributed by atoms with Crippen molar-refractivity contribution >= 4 is 38.5 Å². The summed E-state index contributed by atoms with van der Waals surface area (Å²) in [5.41, 5.74) is 3.38. The molecule has 3 aromatic carbocycles. The van der Waals surface area contributed by atoms with Crippen LogP contribution in [0.3, 0.4) is 0 Å². The predicted molar refractivity (Wildman–Crippen MR) is 119 cm³/mol. The Morgan fingerprint density at radius 1 is 0.967 bits per heavy atom. The van der Waals surface area contributed by atoms with E-state index in [0.29, 0.717) is 10.7 Å². The van der Waals surface area contributed by atoms with E-state index in [4.69, 9.17) is 4.74 Å². The third-order valence-corrected chi connectivity index (χ3v) is 5.44. The van der Waals surface area contributed by atoms with Crippen molar-refractivity contribution in [1.82, 2.24) is 10.3 Å². The van der Waals surface area contributed by atoms with Gasteiger partial charge in [-0.1, -0.05) is 53.8 Å². The van der Waals surface area contributed by atoms with E-state index in [1.807, 2.05) is 60.7 Å². The maximum atomic E-state index is 12.3. The summed E-state index contributed by atoms with van der Waals surface area (Å²) in [4.78, 5) is 28.9. The highest BCUT2D eigenvalue weighted by Crippen LogP contribution is 2.29. The molecule has 4 aromatic rings. The summed E-state index contributed by atoms with van der Waals surface area (Å²) in [6.07, 6.45) is 0. The Kier molecular flexibility index (Phi) is 5.72. The number of hydrogen-bond donors (Lipinski definition) is 2. The number of fused-ring (bicyclic) bond motifs is 1. The monoisotopic (exact) mass is 417 g/mol. The van der Waals surface area contributed by atoms with Crippen LogP contribution in [0.2, 0.25) is 0 Å². The third-order valence-electron chi connectivity index (χ3n) is 4.51. The maximum Gasteiger partial charge on any atom is 0.251 e. The number of aromatic nitrogens is 1. The lowest BCUT2D eigenvalue weighted by Crippen LogP contribution is -2.32. The van der Waals surface area contributed by atoms with Gasteiger partial charge in [-0.15, -0.1) is 0 Å². The molecule has 4 rings (SSSR count). The van der Waals surface area contributed by atoms with Crippen LogP contribution in [0.4, 0.5) is 5.13 Å². The minimum Gasteiger partial charge on any atom is -0.497 e. The third kappa shape index (κ3) is 4.47. The van der Waals surface area contributed by atoms with Crippen LogP contribution in [0.1, 0.15) is 10.4 Å². The molecular weight excluding hydrogens is 398 g/mol. The van der Waals surface area contributed by atoms with Gasteiger partial charge in [0, 0.05) is 5.56 Å². The van der Waals surface area contributed by atoms with E-state index < -0.39 is 0 Å². The molecule has 1 heterocycles. The summed E-state index contributed by atoms with van der Waals surface area (Å²) in [5.74, 6) is 0.0867. The number of anilines is 1. The van der Waals surface area contributed by atoms with Crippen LogP contribution < -0.4 is 15.4 Å². The van der Waals surface area contributed by atoms with Crippen LogP contribution in [0, 0.1) is 0 Å². The van der Waals surface area contributed by atoms with Crippen LogP contribution in [0.25, 0.3) is 21.3 Å². The molecule has 0 bridgehead atoms. The molecule has 0 saturated carbocycles. The van der Waals surface area contributed by atoms with Gasteiger partial charge < -0.3 is 15.4 Å². The molecule has 2 N–H and O–H groups in total. The van der Waals surface area contributed by atoms with Crippen molar-refractivity contribution in [3.8, 4) is 16.9 Å². The lowest BCUT2D eigenvalue weighted by atomic mass is 10.0. The Hall–Kier alpha value is -3.71. The lowest BCUT2D eigenvalue weighted by Gasteiger charge is -2.06. The van der Waals surface area contributed by atoms with E-state index in [1.165, 1.54) is 11.3 Å². The zero-order valence-electron chi connectivity index (χ0n) is 16.2. The van der Waals surface area contributed by atoms with Gasteiger partial charge in [-0.3, -0.25) is 9.59 Å². The fourth-order valence-corrected chi connectivity index (χ4v) is 3.87. The molecular formula is C23H19N3O3S. The predicted octanol–water partition coefficient (Wildman–Crippen LogP) is 4.34. The molecule has 0 aliphatic heterocycles. The zero-order valence-corrected chi connectivity index (χ0v) is 17.0. The molecule has 0 aliphatic carbocycles. The second-order valence-corrected chi connectivity index (χ2v) is 7.56. The molecule has 0 unspecified atom stereocenters. The van der Waals surface area contributed by atoms with E-state index in [1.54, 1.807) is 19.2 Å². The quantitative estimate of drug-likeness (QED) is 0.489. The molecule has 30 heavy (non-hydrogen) atoms. The largest absolute Gasteiger partial charge is 0.497 e. The van der Waals surface area contributed by atoms with Gasteiger partial charge in [0.1, 0.15) is 5.75 Å². The summed E-state index contributed by atoms with van der Waals surface area (Å²) in [7, 11) is 1.60. The smallest absolute Gasteiger partial charge is 0.251 e. The number of benzene rings is 3. The first-order valence-corrected chi connectivity index (χ1v) is 10.1. The summed E-state index contributed by atoms with van der Waals surface area (Å²) >= 11 is 1.35. The fourth-order valence-electron chi connectivity index (χ4n) is 2.96. The Bertz CT molecular complexity index is 1190. The normalized spacial score (nSPS) is 10.6. The number of ether oxygens (including phenoxy) is 1. The Morgan fingerprint density at radius 2 is 1.70 bits per heavy atom. The molecule has 0 fully saturated rings. The van der Waals surface area contributed by atoms with Crippen molar-refractivity contribution in [2.24, 2.45) is 0 Å². The molecule has 1 aromatic heterocycles. The molecule has 2 amide bonds. The van der Waals surface area contributed by atoms with Crippen molar-refractivity contribution in [2.45, 2.75) is 0 Å². The molecule has 0 saturated heterocycles. The average molecular weight is 417 g/mol. The molecule has 0 radical (unpaired) electrons. The number of methoxy groups -OCH3 is 1. The van der Waals surface area contributed by atoms with E-state index in [9.17, 15) is 9.59 Å². The summed E-state index contributed by atoms with van der Waals surface area (Å²) in [5, 5.41) is 5.83. The lowest BCUT2D eigenvalue weighted by molar-refractivity contribution is -0.115. The van der Waals surface area contributed by atoms with Gasteiger partial charge in [0.05, 0.1) is 23.9 Å². The van der Waals surface area contributed by atoms with Gasteiger partial charge in [0.25, 0.3) is 5.91 Å². The number of nitrogens with zero attached hydrogens (tertiary/aromatic N) is 1. The highest BCUT2D eigenvalue weighted by Gasteiger charge is 2.11. The second kappa shape index (κ2) is 8.75. The molecule has 0 spiro atoms. The van der Waals surface area contributed by atoms with Crippen molar-refractivity contribution < 1.29 is 14.3 Å². The summed E-state index contributed by atoms with van der Waals surface area (Å²) in [6, 6.07) is 22.7. The SMILES string of the molecule is COc1ccc2nc(NC(=O)CNC(=O)c3ccc(-c4ccccc4)cc3)sc2c1. The number of carbonyl (C=O) groups is 2. The highest BCUT2D eigenvalue weighted by molar-refractivity contribution is 7.22. The van der Waals surface area contributed by atoms with Crippen LogP contribution in [-0.2, 0) is 4.79 Å². The van der Waals surface area contributed by atoms with Gasteiger partial charge in [0.2, 0.25) is 5.91 Å². The second-order valence-electron chi connectivity index (χ2n) is 6.53. The number of nitrogens with one attached hydrogen (secondary N) is 2. The maximum absolute atomic E-state index is 12.3. The van der Waals surface area contributed by atoms with Crippen molar-refractivity contribution in [2.75, 3.05) is 19.0 Å². The number of thiazole rings is 1. The van der Waals surface area contributed by atoms with E-state index >= 15 is 0 Å². The van der Waals surface area contributed by atoms with Gasteiger partial charge in [-0.25, -0.2) is 4.98 Å². The Morgan fingerprint density at radius 3 is 2.43 bits per heavy atom. The first kappa shape index (κ1) is 19.6. The minimum atomic E-state index is -0.338. The first-order chi connectivity index (χ1) is 14.6. The highest BCUT2D eigenvalue weighted by atomic mass is 32.1. The summed E-state index contributed by atoms with van der Waals surface area (Å²) < 4.78 is 6.11. The van der Waals surface area contributed by atoms with Crippen LogP contribution in [0.15, 0.2) is 72.8 Å². The Labute approximate surface area is 177 Å². The minimum absolute atomic E-state index is 0.140. The number of hydrogen-bond acceptors (Lipinski definition) is 5.